The van der Waals surface area contributed by atoms with Crippen LogP contribution >= 0.6 is 0 Å². The van der Waals surface area contributed by atoms with Crippen molar-refractivity contribution in [3.05, 3.63) is 105 Å². The summed E-state index contributed by atoms with van der Waals surface area (Å²) in [7, 11) is 0. The molecule has 0 atom stereocenters. The van der Waals surface area contributed by atoms with E-state index in [0.717, 1.165) is 88.2 Å². The zero-order valence-corrected chi connectivity index (χ0v) is 29.0. The molecule has 0 aromatic heterocycles. The smallest absolute Gasteiger partial charge is 0.119 e. The first-order chi connectivity index (χ1) is 21.0. The zero-order valence-electron chi connectivity index (χ0n) is 29.0. The van der Waals surface area contributed by atoms with Crippen LogP contribution in [0.5, 0.6) is 11.5 Å². The fraction of sp³-hybridized carbons (Fsp3) is 0.512. The summed E-state index contributed by atoms with van der Waals surface area (Å²) in [5, 5.41) is 29.3. The van der Waals surface area contributed by atoms with Crippen LogP contribution in [0.1, 0.15) is 131 Å². The predicted molar refractivity (Wildman–Crippen MR) is 192 cm³/mol. The molecule has 3 nitrogen and oxygen atoms in total. The average molecular weight is 603 g/mol. The molecule has 44 heavy (non-hydrogen) atoms. The lowest BCUT2D eigenvalue weighted by Crippen LogP contribution is -1.91. The van der Waals surface area contributed by atoms with E-state index < -0.39 is 0 Å². The van der Waals surface area contributed by atoms with Crippen molar-refractivity contribution in [3.8, 4) is 11.5 Å². The van der Waals surface area contributed by atoms with Crippen LogP contribution in [0.2, 0.25) is 0 Å². The van der Waals surface area contributed by atoms with Crippen LogP contribution in [0.15, 0.2) is 99.7 Å². The second kappa shape index (κ2) is 23.4. The van der Waals surface area contributed by atoms with E-state index in [-0.39, 0.29) is 18.1 Å². The van der Waals surface area contributed by atoms with E-state index in [2.05, 4.69) is 91.0 Å². The quantitative estimate of drug-likeness (QED) is 0.0969. The number of aromatic hydroxyl groups is 2. The van der Waals surface area contributed by atoms with Gasteiger partial charge in [0.1, 0.15) is 11.5 Å². The third-order valence-corrected chi connectivity index (χ3v) is 8.05. The summed E-state index contributed by atoms with van der Waals surface area (Å²) in [6.45, 7) is 15.5. The molecule has 0 amide bonds. The highest BCUT2D eigenvalue weighted by atomic mass is 16.3. The first-order valence-electron chi connectivity index (χ1n) is 16.7. The highest BCUT2D eigenvalue weighted by Crippen LogP contribution is 2.23. The number of phenolic OH excluding ortho intramolecular Hbond substituents is 2. The number of aliphatic hydroxyl groups is 1. The largest absolute Gasteiger partial charge is 0.508 e. The van der Waals surface area contributed by atoms with E-state index in [4.69, 9.17) is 0 Å². The van der Waals surface area contributed by atoms with E-state index in [0.29, 0.717) is 6.42 Å². The van der Waals surface area contributed by atoms with Gasteiger partial charge in [-0.15, -0.1) is 0 Å². The Balaban J connectivity index is 2.31. The second-order valence-corrected chi connectivity index (χ2v) is 12.8. The zero-order chi connectivity index (χ0) is 32.7. The highest BCUT2D eigenvalue weighted by molar-refractivity contribution is 5.39. The van der Waals surface area contributed by atoms with Gasteiger partial charge < -0.3 is 15.3 Å². The monoisotopic (exact) mass is 602 g/mol. The van der Waals surface area contributed by atoms with Gasteiger partial charge in [0, 0.05) is 5.56 Å². The minimum atomic E-state index is 0.163. The molecule has 3 heteroatoms. The Morgan fingerprint density at radius 2 is 0.932 bits per heavy atom. The SMILES string of the molecule is CC(C)=CCCC(C)=CCCC(=CCCC(C)=CCCC(C)=CCCC(C)=CCCC(C)=CCc1cc(O)ccc1O)CO. The molecule has 0 aliphatic rings. The van der Waals surface area contributed by atoms with Crippen molar-refractivity contribution >= 4 is 0 Å². The van der Waals surface area contributed by atoms with Crippen molar-refractivity contribution < 1.29 is 15.3 Å². The summed E-state index contributed by atoms with van der Waals surface area (Å²) < 4.78 is 0. The van der Waals surface area contributed by atoms with Gasteiger partial charge in [-0.3, -0.25) is 0 Å². The van der Waals surface area contributed by atoms with Crippen LogP contribution in [-0.2, 0) is 6.42 Å². The maximum absolute atomic E-state index is 9.94. The molecule has 0 bridgehead atoms. The van der Waals surface area contributed by atoms with E-state index in [1.807, 2.05) is 0 Å². The minimum Gasteiger partial charge on any atom is -0.508 e. The molecule has 0 aliphatic carbocycles. The number of hydrogen-bond acceptors (Lipinski definition) is 3. The Morgan fingerprint density at radius 3 is 1.39 bits per heavy atom. The molecular formula is C41H62O3. The van der Waals surface area contributed by atoms with Crippen molar-refractivity contribution in [1.29, 1.82) is 0 Å². The molecule has 0 heterocycles. The lowest BCUT2D eigenvalue weighted by Gasteiger charge is -2.05. The fourth-order valence-electron chi connectivity index (χ4n) is 5.01. The topological polar surface area (TPSA) is 60.7 Å². The minimum absolute atomic E-state index is 0.163. The average Bonchev–Trinajstić information content (AvgIpc) is 2.96. The number of benzene rings is 1. The molecule has 1 aromatic rings. The molecule has 244 valence electrons. The lowest BCUT2D eigenvalue weighted by molar-refractivity contribution is 0.326. The van der Waals surface area contributed by atoms with E-state index in [1.165, 1.54) is 39.5 Å². The maximum Gasteiger partial charge on any atom is 0.119 e. The summed E-state index contributed by atoms with van der Waals surface area (Å²) in [5.41, 5.74) is 10.4. The van der Waals surface area contributed by atoms with Gasteiger partial charge in [-0.2, -0.15) is 0 Å². The third kappa shape index (κ3) is 20.0. The van der Waals surface area contributed by atoms with Gasteiger partial charge in [0.05, 0.1) is 6.61 Å². The van der Waals surface area contributed by atoms with E-state index >= 15 is 0 Å². The Bertz CT molecular complexity index is 1200. The lowest BCUT2D eigenvalue weighted by atomic mass is 10.0. The van der Waals surface area contributed by atoms with Crippen molar-refractivity contribution in [1.82, 2.24) is 0 Å². The number of phenols is 2. The Morgan fingerprint density at radius 1 is 0.523 bits per heavy atom. The van der Waals surface area contributed by atoms with Crippen LogP contribution in [0.4, 0.5) is 0 Å². The molecule has 1 rings (SSSR count). The normalized spacial score (nSPS) is 13.9. The van der Waals surface area contributed by atoms with Gasteiger partial charge >= 0.3 is 0 Å². The summed E-state index contributed by atoms with van der Waals surface area (Å²) in [6, 6.07) is 4.67. The summed E-state index contributed by atoms with van der Waals surface area (Å²) >= 11 is 0. The van der Waals surface area contributed by atoms with E-state index in [1.54, 1.807) is 12.1 Å². The highest BCUT2D eigenvalue weighted by Gasteiger charge is 2.02. The second-order valence-electron chi connectivity index (χ2n) is 12.8. The first-order valence-corrected chi connectivity index (χ1v) is 16.7. The predicted octanol–water partition coefficient (Wildman–Crippen LogP) is 11.9. The Labute approximate surface area is 270 Å². The maximum atomic E-state index is 9.94. The molecule has 0 aliphatic heterocycles. The number of allylic oxidation sites excluding steroid dienone is 13. The van der Waals surface area contributed by atoms with Crippen LogP contribution < -0.4 is 0 Å². The Kier molecular flexibility index (Phi) is 20.7. The standard InChI is InChI=1S/C41H62O3/c1-32(2)14-8-15-33(3)22-12-24-38(31-42)25-13-23-36(6)19-10-18-34(4)16-9-17-35(5)20-11-21-37(7)26-27-39-30-40(43)28-29-41(39)44/h14,16,19-20,22,25-26,28-30,42-44H,8-13,15,17-18,21,23-24,27,31H2,1-7H3. The van der Waals surface area contributed by atoms with Crippen molar-refractivity contribution in [2.24, 2.45) is 0 Å². The van der Waals surface area contributed by atoms with E-state index in [9.17, 15) is 15.3 Å². The summed E-state index contributed by atoms with van der Waals surface area (Å²) in [4.78, 5) is 0. The van der Waals surface area contributed by atoms with Crippen molar-refractivity contribution in [2.75, 3.05) is 6.61 Å². The molecule has 3 N–H and O–H groups in total. The van der Waals surface area contributed by atoms with Gasteiger partial charge in [-0.05, 0) is 156 Å². The molecular weight excluding hydrogens is 540 g/mol. The van der Waals surface area contributed by atoms with Gasteiger partial charge in [0.25, 0.3) is 0 Å². The van der Waals surface area contributed by atoms with Crippen LogP contribution in [0, 0.1) is 0 Å². The first kappa shape index (κ1) is 39.0. The molecule has 0 unspecified atom stereocenters. The number of rotatable bonds is 21. The molecule has 0 spiro atoms. The molecule has 0 saturated carbocycles. The third-order valence-electron chi connectivity index (χ3n) is 8.05. The molecule has 1 aromatic carbocycles. The van der Waals surface area contributed by atoms with Gasteiger partial charge in [-0.25, -0.2) is 0 Å². The van der Waals surface area contributed by atoms with Crippen LogP contribution in [0.3, 0.4) is 0 Å². The number of hydrogen-bond donors (Lipinski definition) is 3. The summed E-state index contributed by atoms with van der Waals surface area (Å²) in [5.74, 6) is 0.416. The molecule has 0 radical (unpaired) electrons. The van der Waals surface area contributed by atoms with Gasteiger partial charge in [0.15, 0.2) is 0 Å². The van der Waals surface area contributed by atoms with Crippen molar-refractivity contribution in [3.63, 3.8) is 0 Å². The van der Waals surface area contributed by atoms with Gasteiger partial charge in [0.2, 0.25) is 0 Å². The fourth-order valence-corrected chi connectivity index (χ4v) is 5.01. The molecule has 0 saturated heterocycles. The van der Waals surface area contributed by atoms with Crippen LogP contribution in [-0.4, -0.2) is 21.9 Å². The number of aliphatic hydroxyl groups excluding tert-OH is 1. The van der Waals surface area contributed by atoms with Crippen molar-refractivity contribution in [2.45, 2.75) is 132 Å². The van der Waals surface area contributed by atoms with Gasteiger partial charge in [-0.1, -0.05) is 76.0 Å². The Hall–Kier alpha value is -3.04. The summed E-state index contributed by atoms with van der Waals surface area (Å²) in [6.07, 6.45) is 29.4. The molecule has 0 fully saturated rings. The van der Waals surface area contributed by atoms with Crippen LogP contribution in [0.25, 0.3) is 0 Å².